The third-order valence-electron chi connectivity index (χ3n) is 1.79. The lowest BCUT2D eigenvalue weighted by Crippen LogP contribution is -2.23. The van der Waals surface area contributed by atoms with Crippen LogP contribution in [-0.2, 0) is 22.6 Å². The van der Waals surface area contributed by atoms with Crippen molar-refractivity contribution >= 4 is 11.8 Å². The Hall–Kier alpha value is -1.92. The van der Waals surface area contributed by atoms with E-state index in [4.69, 9.17) is 0 Å². The Labute approximate surface area is 86.8 Å². The number of nitrogens with one attached hydrogen (secondary N) is 2. The van der Waals surface area contributed by atoms with Crippen LogP contribution in [0.5, 0.6) is 0 Å². The van der Waals surface area contributed by atoms with E-state index in [0.29, 0.717) is 5.69 Å². The highest BCUT2D eigenvalue weighted by molar-refractivity contribution is 5.77. The Kier molecular flexibility index (Phi) is 3.78. The highest BCUT2D eigenvalue weighted by atomic mass is 16.2. The second-order valence-corrected chi connectivity index (χ2v) is 2.93. The molecular weight excluding hydrogens is 198 g/mol. The summed E-state index contributed by atoms with van der Waals surface area (Å²) in [6.07, 6.45) is 1.74. The lowest BCUT2D eigenvalue weighted by Gasteiger charge is -1.97. The molecule has 82 valence electrons. The zero-order chi connectivity index (χ0) is 11.3. The first-order valence-corrected chi connectivity index (χ1v) is 4.46. The molecule has 0 spiro atoms. The Morgan fingerprint density at radius 2 is 2.00 bits per heavy atom. The van der Waals surface area contributed by atoms with Gasteiger partial charge in [-0.3, -0.25) is 9.59 Å². The number of hydrogen-bond donors (Lipinski definition) is 2. The van der Waals surface area contributed by atoms with Gasteiger partial charge in [-0.05, 0) is 0 Å². The normalized spacial score (nSPS) is 9.73. The van der Waals surface area contributed by atoms with Crippen LogP contribution in [0.15, 0.2) is 6.20 Å². The number of carbonyl (C=O) groups is 2. The van der Waals surface area contributed by atoms with Crippen LogP contribution in [0.1, 0.15) is 5.69 Å². The van der Waals surface area contributed by atoms with Crippen molar-refractivity contribution in [3.8, 4) is 0 Å². The van der Waals surface area contributed by atoms with Crippen LogP contribution in [0.2, 0.25) is 0 Å². The van der Waals surface area contributed by atoms with Crippen LogP contribution in [0, 0.1) is 0 Å². The topological polar surface area (TPSA) is 88.9 Å². The van der Waals surface area contributed by atoms with Crippen molar-refractivity contribution in [2.45, 2.75) is 13.0 Å². The van der Waals surface area contributed by atoms with E-state index >= 15 is 0 Å². The Morgan fingerprint density at radius 1 is 1.33 bits per heavy atom. The van der Waals surface area contributed by atoms with Crippen LogP contribution in [0.3, 0.4) is 0 Å². The Morgan fingerprint density at radius 3 is 2.60 bits per heavy atom. The number of aromatic nitrogens is 3. The molecule has 0 saturated carbocycles. The van der Waals surface area contributed by atoms with Gasteiger partial charge in [0.25, 0.3) is 0 Å². The summed E-state index contributed by atoms with van der Waals surface area (Å²) in [6.45, 7) is 0.108. The van der Waals surface area contributed by atoms with Crippen molar-refractivity contribution in [2.75, 3.05) is 14.1 Å². The molecule has 0 aliphatic rings. The third-order valence-corrected chi connectivity index (χ3v) is 1.79. The second-order valence-electron chi connectivity index (χ2n) is 2.93. The molecule has 2 amide bonds. The first-order valence-electron chi connectivity index (χ1n) is 4.46. The summed E-state index contributed by atoms with van der Waals surface area (Å²) in [7, 11) is 3.10. The minimum atomic E-state index is -0.161. The number of rotatable bonds is 4. The van der Waals surface area contributed by atoms with Gasteiger partial charge < -0.3 is 10.6 Å². The molecule has 0 saturated heterocycles. The summed E-state index contributed by atoms with van der Waals surface area (Å²) < 4.78 is 1.39. The van der Waals surface area contributed by atoms with E-state index in [0.717, 1.165) is 0 Å². The summed E-state index contributed by atoms with van der Waals surface area (Å²) in [5, 5.41) is 12.4. The van der Waals surface area contributed by atoms with Crippen LogP contribution in [-0.4, -0.2) is 40.9 Å². The summed E-state index contributed by atoms with van der Waals surface area (Å²) in [4.78, 5) is 22.0. The number of nitrogens with zero attached hydrogens (tertiary/aromatic N) is 3. The molecule has 2 N–H and O–H groups in total. The smallest absolute Gasteiger partial charge is 0.241 e. The number of carbonyl (C=O) groups excluding carboxylic acids is 2. The molecule has 1 aromatic heterocycles. The van der Waals surface area contributed by atoms with Crippen LogP contribution < -0.4 is 10.6 Å². The largest absolute Gasteiger partial charge is 0.359 e. The van der Waals surface area contributed by atoms with Gasteiger partial charge in [0.05, 0.1) is 12.1 Å². The molecule has 0 unspecified atom stereocenters. The highest BCUT2D eigenvalue weighted by Crippen LogP contribution is 1.94. The number of hydrogen-bond acceptors (Lipinski definition) is 4. The molecule has 15 heavy (non-hydrogen) atoms. The molecule has 0 bridgehead atoms. The van der Waals surface area contributed by atoms with Gasteiger partial charge in [0.1, 0.15) is 6.54 Å². The molecular formula is C8H13N5O2. The third kappa shape index (κ3) is 3.37. The first kappa shape index (κ1) is 11.2. The van der Waals surface area contributed by atoms with Gasteiger partial charge in [-0.25, -0.2) is 4.68 Å². The van der Waals surface area contributed by atoms with E-state index in [-0.39, 0.29) is 24.8 Å². The van der Waals surface area contributed by atoms with Crippen LogP contribution in [0.25, 0.3) is 0 Å². The van der Waals surface area contributed by atoms with Gasteiger partial charge in [0.2, 0.25) is 11.8 Å². The van der Waals surface area contributed by atoms with Crippen molar-refractivity contribution in [3.05, 3.63) is 11.9 Å². The van der Waals surface area contributed by atoms with Crippen molar-refractivity contribution < 1.29 is 9.59 Å². The molecule has 1 heterocycles. The van der Waals surface area contributed by atoms with E-state index in [2.05, 4.69) is 20.9 Å². The molecule has 0 fully saturated rings. The summed E-state index contributed by atoms with van der Waals surface area (Å²) in [5.74, 6) is -0.298. The van der Waals surface area contributed by atoms with Crippen LogP contribution in [0.4, 0.5) is 0 Å². The van der Waals surface area contributed by atoms with Gasteiger partial charge in [-0.1, -0.05) is 5.21 Å². The maximum Gasteiger partial charge on any atom is 0.241 e. The quantitative estimate of drug-likeness (QED) is 0.622. The zero-order valence-electron chi connectivity index (χ0n) is 8.65. The maximum absolute atomic E-state index is 11.0. The lowest BCUT2D eigenvalue weighted by atomic mass is 10.3. The monoisotopic (exact) mass is 211 g/mol. The van der Waals surface area contributed by atoms with Crippen molar-refractivity contribution in [3.63, 3.8) is 0 Å². The Bertz CT molecular complexity index is 327. The van der Waals surface area contributed by atoms with Gasteiger partial charge in [-0.2, -0.15) is 0 Å². The predicted octanol–water partition coefficient (Wildman–Crippen LogP) is -1.69. The molecule has 7 heteroatoms. The van der Waals surface area contributed by atoms with E-state index in [1.807, 2.05) is 0 Å². The average Bonchev–Trinajstić information content (AvgIpc) is 2.65. The van der Waals surface area contributed by atoms with E-state index in [1.165, 1.54) is 4.68 Å². The number of likely N-dealkylation sites (N-methyl/N-ethyl adjacent to an activating group) is 2. The maximum atomic E-state index is 11.0. The molecule has 1 aromatic rings. The highest BCUT2D eigenvalue weighted by Gasteiger charge is 2.07. The summed E-state index contributed by atoms with van der Waals surface area (Å²) in [5.41, 5.74) is 0.540. The van der Waals surface area contributed by atoms with Gasteiger partial charge >= 0.3 is 0 Å². The predicted molar refractivity (Wildman–Crippen MR) is 51.9 cm³/mol. The van der Waals surface area contributed by atoms with Crippen LogP contribution >= 0.6 is 0 Å². The SMILES string of the molecule is CNC(=O)Cc1cn(CC(=O)NC)nn1. The molecule has 1 rings (SSSR count). The molecule has 0 aliphatic carbocycles. The molecule has 7 nitrogen and oxygen atoms in total. The second kappa shape index (κ2) is 5.08. The standard InChI is InChI=1S/C8H13N5O2/c1-9-7(14)3-6-4-13(12-11-6)5-8(15)10-2/h4H,3,5H2,1-2H3,(H,9,14)(H,10,15). The van der Waals surface area contributed by atoms with Crippen molar-refractivity contribution in [1.82, 2.24) is 25.6 Å². The molecule has 0 atom stereocenters. The summed E-state index contributed by atoms with van der Waals surface area (Å²) in [6, 6.07) is 0. The lowest BCUT2D eigenvalue weighted by molar-refractivity contribution is -0.121. The van der Waals surface area contributed by atoms with E-state index in [9.17, 15) is 9.59 Å². The fourth-order valence-electron chi connectivity index (χ4n) is 0.976. The molecule has 0 aliphatic heterocycles. The molecule has 0 aromatic carbocycles. The van der Waals surface area contributed by atoms with Gasteiger partial charge in [-0.15, -0.1) is 5.10 Å². The number of amides is 2. The van der Waals surface area contributed by atoms with E-state index < -0.39 is 0 Å². The van der Waals surface area contributed by atoms with E-state index in [1.54, 1.807) is 20.3 Å². The first-order chi connectivity index (χ1) is 7.15. The zero-order valence-corrected chi connectivity index (χ0v) is 8.65. The minimum Gasteiger partial charge on any atom is -0.359 e. The fraction of sp³-hybridized carbons (Fsp3) is 0.500. The van der Waals surface area contributed by atoms with Gasteiger partial charge in [0.15, 0.2) is 0 Å². The Balaban J connectivity index is 2.56. The summed E-state index contributed by atoms with van der Waals surface area (Å²) >= 11 is 0. The molecule has 0 radical (unpaired) electrons. The van der Waals surface area contributed by atoms with Crippen molar-refractivity contribution in [2.24, 2.45) is 0 Å². The average molecular weight is 211 g/mol. The van der Waals surface area contributed by atoms with Gasteiger partial charge in [0, 0.05) is 20.3 Å². The fourth-order valence-corrected chi connectivity index (χ4v) is 0.976. The van der Waals surface area contributed by atoms with Crippen molar-refractivity contribution in [1.29, 1.82) is 0 Å². The minimum absolute atomic E-state index is 0.108.